The van der Waals surface area contributed by atoms with Gasteiger partial charge in [-0.2, -0.15) is 4.99 Å². The van der Waals surface area contributed by atoms with Crippen LogP contribution in [0.4, 0.5) is 10.5 Å². The molecule has 5 nitrogen and oxygen atoms in total. The van der Waals surface area contributed by atoms with Crippen LogP contribution in [0.3, 0.4) is 0 Å². The van der Waals surface area contributed by atoms with E-state index in [1.165, 1.54) is 0 Å². The number of guanidine groups is 1. The summed E-state index contributed by atoms with van der Waals surface area (Å²) in [4.78, 5) is 17.6. The number of anilines is 1. The Morgan fingerprint density at radius 3 is 2.05 bits per heavy atom. The molecular weight excluding hydrogens is 288 g/mol. The third-order valence-electron chi connectivity index (χ3n) is 3.14. The number of carbonyl (C=O) groups excluding carboxylic acids is 1. The minimum atomic E-state index is -0.401. The van der Waals surface area contributed by atoms with E-state index in [1.54, 1.807) is 4.90 Å². The van der Waals surface area contributed by atoms with Crippen molar-refractivity contribution in [1.82, 2.24) is 0 Å². The molecule has 0 aromatic heterocycles. The molecule has 4 N–H and O–H groups in total. The van der Waals surface area contributed by atoms with Gasteiger partial charge in [0.2, 0.25) is 0 Å². The predicted octanol–water partition coefficient (Wildman–Crippen LogP) is 2.84. The number of aliphatic imine (C=N–C) groups is 1. The summed E-state index contributed by atoms with van der Waals surface area (Å²) in [7, 11) is 0. The molecule has 0 fully saturated rings. The summed E-state index contributed by atoms with van der Waals surface area (Å²) < 4.78 is 0. The fraction of sp³-hybridized carbons (Fsp3) is 0.467. The smallest absolute Gasteiger partial charge is 0.351 e. The van der Waals surface area contributed by atoms with Crippen LogP contribution >= 0.6 is 12.4 Å². The second-order valence-corrected chi connectivity index (χ2v) is 4.60. The Bertz CT molecular complexity index is 476. The zero-order valence-corrected chi connectivity index (χ0v) is 13.7. The van der Waals surface area contributed by atoms with E-state index in [1.807, 2.05) is 25.1 Å². The van der Waals surface area contributed by atoms with Crippen LogP contribution in [-0.4, -0.2) is 18.5 Å². The molecule has 0 bridgehead atoms. The molecule has 0 radical (unpaired) electrons. The number of nitrogens with zero attached hydrogens (tertiary/aromatic N) is 2. The SMILES string of the molecule is CCCN(C(=O)N=C(N)N)c1c(CC)cccc1CC.Cl. The summed E-state index contributed by atoms with van der Waals surface area (Å²) in [5.74, 6) is -0.205. The Morgan fingerprint density at radius 1 is 1.14 bits per heavy atom. The van der Waals surface area contributed by atoms with Crippen molar-refractivity contribution in [3.8, 4) is 0 Å². The zero-order valence-electron chi connectivity index (χ0n) is 12.9. The molecule has 1 rings (SSSR count). The number of hydrogen-bond acceptors (Lipinski definition) is 1. The highest BCUT2D eigenvalue weighted by molar-refractivity contribution is 6.00. The van der Waals surface area contributed by atoms with Gasteiger partial charge in [0.05, 0.1) is 5.69 Å². The van der Waals surface area contributed by atoms with Gasteiger partial charge in [-0.1, -0.05) is 39.0 Å². The molecule has 0 spiro atoms. The van der Waals surface area contributed by atoms with Crippen molar-refractivity contribution in [2.45, 2.75) is 40.0 Å². The lowest BCUT2D eigenvalue weighted by Gasteiger charge is -2.25. The van der Waals surface area contributed by atoms with Crippen molar-refractivity contribution in [2.75, 3.05) is 11.4 Å². The lowest BCUT2D eigenvalue weighted by molar-refractivity contribution is 0.254. The first-order valence-corrected chi connectivity index (χ1v) is 7.06. The number of aryl methyl sites for hydroxylation is 2. The summed E-state index contributed by atoms with van der Waals surface area (Å²) in [5, 5.41) is 0. The Balaban J connectivity index is 0.00000400. The Hall–Kier alpha value is -1.75. The van der Waals surface area contributed by atoms with Crippen LogP contribution in [0.25, 0.3) is 0 Å². The molecule has 0 aliphatic heterocycles. The van der Waals surface area contributed by atoms with Gasteiger partial charge in [0.25, 0.3) is 0 Å². The lowest BCUT2D eigenvalue weighted by Crippen LogP contribution is -2.34. The molecule has 2 amide bonds. The highest BCUT2D eigenvalue weighted by Crippen LogP contribution is 2.27. The van der Waals surface area contributed by atoms with Gasteiger partial charge in [0, 0.05) is 6.54 Å². The maximum absolute atomic E-state index is 12.3. The van der Waals surface area contributed by atoms with Crippen molar-refractivity contribution in [1.29, 1.82) is 0 Å². The van der Waals surface area contributed by atoms with Gasteiger partial charge in [-0.15, -0.1) is 12.4 Å². The first kappa shape index (κ1) is 19.2. The maximum atomic E-state index is 12.3. The summed E-state index contributed by atoms with van der Waals surface area (Å²) in [6.45, 7) is 6.77. The van der Waals surface area contributed by atoms with Gasteiger partial charge < -0.3 is 11.5 Å². The minimum Gasteiger partial charge on any atom is -0.370 e. The van der Waals surface area contributed by atoms with Gasteiger partial charge in [-0.3, -0.25) is 4.90 Å². The van der Waals surface area contributed by atoms with Gasteiger partial charge in [-0.25, -0.2) is 4.79 Å². The minimum absolute atomic E-state index is 0. The van der Waals surface area contributed by atoms with Gasteiger partial charge >= 0.3 is 6.03 Å². The third kappa shape index (κ3) is 4.93. The molecular formula is C15H25ClN4O. The van der Waals surface area contributed by atoms with Crippen LogP contribution in [0.2, 0.25) is 0 Å². The number of halogens is 1. The van der Waals surface area contributed by atoms with Gasteiger partial charge in [-0.05, 0) is 30.4 Å². The Kier molecular flexibility index (Phi) is 8.47. The summed E-state index contributed by atoms with van der Waals surface area (Å²) in [6.07, 6.45) is 2.56. The Morgan fingerprint density at radius 2 is 1.67 bits per heavy atom. The van der Waals surface area contributed by atoms with Crippen LogP contribution < -0.4 is 16.4 Å². The predicted molar refractivity (Wildman–Crippen MR) is 91.3 cm³/mol. The number of hydrogen-bond donors (Lipinski definition) is 2. The lowest BCUT2D eigenvalue weighted by atomic mass is 10.0. The number of para-hydroxylation sites is 1. The summed E-state index contributed by atoms with van der Waals surface area (Å²) in [5.41, 5.74) is 13.9. The van der Waals surface area contributed by atoms with E-state index in [-0.39, 0.29) is 18.4 Å². The molecule has 0 atom stereocenters. The molecule has 1 aromatic rings. The van der Waals surface area contributed by atoms with E-state index in [0.717, 1.165) is 36.1 Å². The Labute approximate surface area is 132 Å². The summed E-state index contributed by atoms with van der Waals surface area (Å²) in [6, 6.07) is 5.71. The van der Waals surface area contributed by atoms with Crippen LogP contribution in [0.5, 0.6) is 0 Å². The first-order chi connectivity index (χ1) is 9.54. The average Bonchev–Trinajstić information content (AvgIpc) is 2.43. The quantitative estimate of drug-likeness (QED) is 0.647. The summed E-state index contributed by atoms with van der Waals surface area (Å²) >= 11 is 0. The maximum Gasteiger partial charge on any atom is 0.351 e. The number of urea groups is 1. The number of carbonyl (C=O) groups is 1. The van der Waals surface area contributed by atoms with E-state index >= 15 is 0 Å². The molecule has 0 saturated carbocycles. The monoisotopic (exact) mass is 312 g/mol. The highest BCUT2D eigenvalue weighted by Gasteiger charge is 2.19. The molecule has 21 heavy (non-hydrogen) atoms. The van der Waals surface area contributed by atoms with E-state index in [4.69, 9.17) is 11.5 Å². The van der Waals surface area contributed by atoms with E-state index in [9.17, 15) is 4.79 Å². The fourth-order valence-corrected chi connectivity index (χ4v) is 2.26. The highest BCUT2D eigenvalue weighted by atomic mass is 35.5. The van der Waals surface area contributed by atoms with Crippen molar-refractivity contribution < 1.29 is 4.79 Å². The van der Waals surface area contributed by atoms with Gasteiger partial charge in [0.15, 0.2) is 5.96 Å². The molecule has 0 aliphatic carbocycles. The van der Waals surface area contributed by atoms with Crippen molar-refractivity contribution in [2.24, 2.45) is 16.5 Å². The van der Waals surface area contributed by atoms with Crippen molar-refractivity contribution in [3.05, 3.63) is 29.3 Å². The first-order valence-electron chi connectivity index (χ1n) is 7.06. The van der Waals surface area contributed by atoms with E-state index in [0.29, 0.717) is 6.54 Å². The number of rotatable bonds is 5. The largest absolute Gasteiger partial charge is 0.370 e. The fourth-order valence-electron chi connectivity index (χ4n) is 2.26. The van der Waals surface area contributed by atoms with Crippen molar-refractivity contribution >= 4 is 30.1 Å². The topological polar surface area (TPSA) is 84.7 Å². The van der Waals surface area contributed by atoms with E-state index < -0.39 is 6.03 Å². The zero-order chi connectivity index (χ0) is 15.1. The van der Waals surface area contributed by atoms with Crippen molar-refractivity contribution in [3.63, 3.8) is 0 Å². The molecule has 0 unspecified atom stereocenters. The van der Waals surface area contributed by atoms with Crippen LogP contribution in [-0.2, 0) is 12.8 Å². The molecule has 0 aliphatic rings. The molecule has 0 heterocycles. The van der Waals surface area contributed by atoms with E-state index in [2.05, 4.69) is 18.8 Å². The molecule has 1 aromatic carbocycles. The molecule has 0 saturated heterocycles. The standard InChI is InChI=1S/C15H24N4O.ClH/c1-4-10-19(15(20)18-14(16)17)13-11(5-2)8-7-9-12(13)6-3;/h7-9H,4-6,10H2,1-3H3,(H4,16,17,18,20);1H. The van der Waals surface area contributed by atoms with Gasteiger partial charge in [0.1, 0.15) is 0 Å². The second-order valence-electron chi connectivity index (χ2n) is 4.60. The second kappa shape index (κ2) is 9.23. The number of amides is 2. The average molecular weight is 313 g/mol. The van der Waals surface area contributed by atoms with Crippen LogP contribution in [0.1, 0.15) is 38.3 Å². The van der Waals surface area contributed by atoms with Crippen LogP contribution in [0, 0.1) is 0 Å². The normalized spacial score (nSPS) is 9.67. The number of benzene rings is 1. The molecule has 118 valence electrons. The van der Waals surface area contributed by atoms with Crippen LogP contribution in [0.15, 0.2) is 23.2 Å². The number of nitrogens with two attached hydrogens (primary N) is 2. The molecule has 6 heteroatoms. The third-order valence-corrected chi connectivity index (χ3v) is 3.14.